The van der Waals surface area contributed by atoms with Gasteiger partial charge in [0.2, 0.25) is 0 Å². The number of carbonyl (C=O) groups is 1. The first-order valence-electron chi connectivity index (χ1n) is 10.5. The van der Waals surface area contributed by atoms with Crippen LogP contribution in [-0.4, -0.2) is 22.0 Å². The summed E-state index contributed by atoms with van der Waals surface area (Å²) in [4.78, 5) is 17.2. The van der Waals surface area contributed by atoms with Gasteiger partial charge in [-0.3, -0.25) is 4.79 Å². The van der Waals surface area contributed by atoms with E-state index >= 15 is 0 Å². The molecular formula is C24H31N3O. The van der Waals surface area contributed by atoms with Gasteiger partial charge in [0.1, 0.15) is 5.82 Å². The summed E-state index contributed by atoms with van der Waals surface area (Å²) < 4.78 is 2.33. The van der Waals surface area contributed by atoms with Crippen LogP contribution in [0, 0.1) is 6.92 Å². The van der Waals surface area contributed by atoms with Crippen molar-refractivity contribution in [3.8, 4) is 0 Å². The predicted octanol–water partition coefficient (Wildman–Crippen LogP) is 5.29. The van der Waals surface area contributed by atoms with E-state index < -0.39 is 0 Å². The molecule has 1 amide bonds. The Kier molecular flexibility index (Phi) is 7.24. The monoisotopic (exact) mass is 377 g/mol. The van der Waals surface area contributed by atoms with Gasteiger partial charge in [-0.15, -0.1) is 0 Å². The van der Waals surface area contributed by atoms with Crippen LogP contribution in [0.1, 0.15) is 60.8 Å². The Morgan fingerprint density at radius 2 is 1.86 bits per heavy atom. The van der Waals surface area contributed by atoms with Gasteiger partial charge in [0, 0.05) is 25.1 Å². The Hall–Kier alpha value is -2.62. The smallest absolute Gasteiger partial charge is 0.251 e. The maximum Gasteiger partial charge on any atom is 0.251 e. The van der Waals surface area contributed by atoms with Crippen molar-refractivity contribution in [1.29, 1.82) is 0 Å². The van der Waals surface area contributed by atoms with Crippen LogP contribution in [-0.2, 0) is 13.0 Å². The quantitative estimate of drug-likeness (QED) is 0.488. The van der Waals surface area contributed by atoms with Gasteiger partial charge in [-0.2, -0.15) is 0 Å². The van der Waals surface area contributed by atoms with Crippen LogP contribution in [0.2, 0.25) is 0 Å². The first-order chi connectivity index (χ1) is 13.7. The third-order valence-corrected chi connectivity index (χ3v) is 5.13. The second kappa shape index (κ2) is 10.1. The zero-order valence-corrected chi connectivity index (χ0v) is 17.1. The Morgan fingerprint density at radius 1 is 1.04 bits per heavy atom. The number of imidazole rings is 1. The number of unbranched alkanes of at least 4 members (excludes halogenated alkanes) is 4. The fourth-order valence-electron chi connectivity index (χ4n) is 3.62. The molecule has 1 aromatic heterocycles. The largest absolute Gasteiger partial charge is 0.352 e. The summed E-state index contributed by atoms with van der Waals surface area (Å²) in [5.74, 6) is 1.03. The minimum absolute atomic E-state index is 0.0223. The van der Waals surface area contributed by atoms with Crippen molar-refractivity contribution < 1.29 is 4.79 Å². The van der Waals surface area contributed by atoms with Crippen LogP contribution in [0.5, 0.6) is 0 Å². The number of carbonyl (C=O) groups excluding carboxylic acids is 1. The van der Waals surface area contributed by atoms with E-state index in [1.54, 1.807) is 0 Å². The van der Waals surface area contributed by atoms with Crippen molar-refractivity contribution in [3.63, 3.8) is 0 Å². The molecule has 0 unspecified atom stereocenters. The van der Waals surface area contributed by atoms with E-state index in [4.69, 9.17) is 4.98 Å². The number of hydrogen-bond donors (Lipinski definition) is 1. The molecule has 0 fully saturated rings. The Balaban J connectivity index is 1.63. The SMILES string of the molecule is CCCCCCCn1c(CCNC(=O)c2cccc(C)c2)nc2ccccc21. The number of fused-ring (bicyclic) bond motifs is 1. The first kappa shape index (κ1) is 20.1. The third-order valence-electron chi connectivity index (χ3n) is 5.13. The Labute approximate surface area is 168 Å². The highest BCUT2D eigenvalue weighted by Gasteiger charge is 2.11. The second-order valence-electron chi connectivity index (χ2n) is 7.46. The molecule has 4 nitrogen and oxygen atoms in total. The van der Waals surface area contributed by atoms with E-state index in [-0.39, 0.29) is 5.91 Å². The van der Waals surface area contributed by atoms with Crippen molar-refractivity contribution in [2.24, 2.45) is 0 Å². The molecule has 3 rings (SSSR count). The lowest BCUT2D eigenvalue weighted by Gasteiger charge is -2.10. The highest BCUT2D eigenvalue weighted by Crippen LogP contribution is 2.18. The van der Waals surface area contributed by atoms with Crippen LogP contribution in [0.4, 0.5) is 0 Å². The van der Waals surface area contributed by atoms with Crippen LogP contribution in [0.15, 0.2) is 48.5 Å². The molecule has 0 bridgehead atoms. The number of nitrogens with zero attached hydrogens (tertiary/aromatic N) is 2. The highest BCUT2D eigenvalue weighted by atomic mass is 16.1. The molecule has 0 aliphatic heterocycles. The number of hydrogen-bond acceptors (Lipinski definition) is 2. The number of benzene rings is 2. The van der Waals surface area contributed by atoms with E-state index in [9.17, 15) is 4.79 Å². The lowest BCUT2D eigenvalue weighted by atomic mass is 10.1. The summed E-state index contributed by atoms with van der Waals surface area (Å²) in [5.41, 5.74) is 4.04. The summed E-state index contributed by atoms with van der Waals surface area (Å²) in [7, 11) is 0. The number of nitrogens with one attached hydrogen (secondary N) is 1. The molecule has 0 saturated carbocycles. The van der Waals surface area contributed by atoms with Crippen LogP contribution in [0.25, 0.3) is 11.0 Å². The van der Waals surface area contributed by atoms with E-state index in [2.05, 4.69) is 35.0 Å². The molecule has 1 N–H and O–H groups in total. The second-order valence-corrected chi connectivity index (χ2v) is 7.46. The molecule has 0 spiro atoms. The fourth-order valence-corrected chi connectivity index (χ4v) is 3.62. The number of para-hydroxylation sites is 2. The van der Waals surface area contributed by atoms with E-state index in [1.807, 2.05) is 37.3 Å². The maximum absolute atomic E-state index is 12.4. The average Bonchev–Trinajstić information content (AvgIpc) is 3.05. The van der Waals surface area contributed by atoms with Crippen molar-refractivity contribution in [2.75, 3.05) is 6.54 Å². The predicted molar refractivity (Wildman–Crippen MR) is 116 cm³/mol. The number of rotatable bonds is 10. The molecule has 0 atom stereocenters. The van der Waals surface area contributed by atoms with Gasteiger partial charge >= 0.3 is 0 Å². The standard InChI is InChI=1S/C24H31N3O/c1-3-4-5-6-9-17-27-22-14-8-7-13-21(22)26-23(27)15-16-25-24(28)20-12-10-11-19(2)18-20/h7-8,10-14,18H,3-6,9,15-17H2,1-2H3,(H,25,28). The molecule has 148 valence electrons. The van der Waals surface area contributed by atoms with E-state index in [1.165, 1.54) is 37.6 Å². The molecule has 3 aromatic rings. The molecule has 2 aromatic carbocycles. The van der Waals surface area contributed by atoms with Crippen LogP contribution >= 0.6 is 0 Å². The van der Waals surface area contributed by atoms with E-state index in [0.717, 1.165) is 29.9 Å². The van der Waals surface area contributed by atoms with Crippen molar-refractivity contribution in [1.82, 2.24) is 14.9 Å². The maximum atomic E-state index is 12.4. The zero-order chi connectivity index (χ0) is 19.8. The number of amides is 1. The summed E-state index contributed by atoms with van der Waals surface area (Å²) in [5, 5.41) is 3.04. The average molecular weight is 378 g/mol. The topological polar surface area (TPSA) is 46.9 Å². The molecule has 0 saturated heterocycles. The van der Waals surface area contributed by atoms with Gasteiger partial charge < -0.3 is 9.88 Å². The van der Waals surface area contributed by atoms with Crippen LogP contribution in [0.3, 0.4) is 0 Å². The normalized spacial score (nSPS) is 11.1. The summed E-state index contributed by atoms with van der Waals surface area (Å²) >= 11 is 0. The van der Waals surface area contributed by atoms with Gasteiger partial charge in [0.25, 0.3) is 5.91 Å². The molecule has 0 radical (unpaired) electrons. The van der Waals surface area contributed by atoms with Gasteiger partial charge in [-0.25, -0.2) is 4.98 Å². The number of aryl methyl sites for hydroxylation is 2. The summed E-state index contributed by atoms with van der Waals surface area (Å²) in [6, 6.07) is 16.0. The minimum atomic E-state index is -0.0223. The molecule has 0 aliphatic rings. The highest BCUT2D eigenvalue weighted by molar-refractivity contribution is 5.94. The van der Waals surface area contributed by atoms with Crippen molar-refractivity contribution in [2.45, 2.75) is 58.9 Å². The molecular weight excluding hydrogens is 346 g/mol. The van der Waals surface area contributed by atoms with E-state index in [0.29, 0.717) is 12.1 Å². The zero-order valence-electron chi connectivity index (χ0n) is 17.1. The number of aromatic nitrogens is 2. The van der Waals surface area contributed by atoms with Gasteiger partial charge in [-0.05, 0) is 37.6 Å². The summed E-state index contributed by atoms with van der Waals surface area (Å²) in [6.45, 7) is 5.82. The van der Waals surface area contributed by atoms with Gasteiger partial charge in [-0.1, -0.05) is 62.4 Å². The van der Waals surface area contributed by atoms with Crippen molar-refractivity contribution in [3.05, 3.63) is 65.5 Å². The van der Waals surface area contributed by atoms with Gasteiger partial charge in [0.15, 0.2) is 0 Å². The third kappa shape index (κ3) is 5.22. The molecule has 4 heteroatoms. The Bertz CT molecular complexity index is 913. The minimum Gasteiger partial charge on any atom is -0.352 e. The molecule has 28 heavy (non-hydrogen) atoms. The molecule has 0 aliphatic carbocycles. The fraction of sp³-hybridized carbons (Fsp3) is 0.417. The lowest BCUT2D eigenvalue weighted by Crippen LogP contribution is -2.26. The molecule has 1 heterocycles. The lowest BCUT2D eigenvalue weighted by molar-refractivity contribution is 0.0954. The first-order valence-corrected chi connectivity index (χ1v) is 10.5. The Morgan fingerprint density at radius 3 is 2.68 bits per heavy atom. The van der Waals surface area contributed by atoms with Crippen LogP contribution < -0.4 is 5.32 Å². The van der Waals surface area contributed by atoms with Crippen molar-refractivity contribution >= 4 is 16.9 Å². The van der Waals surface area contributed by atoms with Gasteiger partial charge in [0.05, 0.1) is 11.0 Å². The summed E-state index contributed by atoms with van der Waals surface area (Å²) in [6.07, 6.45) is 7.03.